The van der Waals surface area contributed by atoms with Gasteiger partial charge in [0.25, 0.3) is 0 Å². The molecular weight excluding hydrogens is 230 g/mol. The van der Waals surface area contributed by atoms with Crippen molar-refractivity contribution >= 4 is 15.9 Å². The Hall–Kier alpha value is -0.380. The summed E-state index contributed by atoms with van der Waals surface area (Å²) in [7, 11) is 0. The Bertz CT molecular complexity index is 310. The SMILES string of the molecule is Cc1cc(Br)ccc1[C@](C)(N)CO. The summed E-state index contributed by atoms with van der Waals surface area (Å²) in [5, 5.41) is 9.10. The molecule has 2 nitrogen and oxygen atoms in total. The smallest absolute Gasteiger partial charge is 0.0650 e. The van der Waals surface area contributed by atoms with Gasteiger partial charge in [-0.3, -0.25) is 0 Å². The van der Waals surface area contributed by atoms with Crippen LogP contribution in [0.4, 0.5) is 0 Å². The maximum absolute atomic E-state index is 9.10. The topological polar surface area (TPSA) is 46.2 Å². The van der Waals surface area contributed by atoms with Crippen LogP contribution in [0.15, 0.2) is 22.7 Å². The standard InChI is InChI=1S/C10H14BrNO/c1-7-5-8(11)3-4-9(7)10(2,12)6-13/h3-5,13H,6,12H2,1-2H3/t10-/m1/s1. The van der Waals surface area contributed by atoms with Crippen LogP contribution in [0.3, 0.4) is 0 Å². The molecule has 0 bridgehead atoms. The van der Waals surface area contributed by atoms with Gasteiger partial charge in [-0.25, -0.2) is 0 Å². The normalized spacial score (nSPS) is 15.5. The van der Waals surface area contributed by atoms with Crippen molar-refractivity contribution in [3.05, 3.63) is 33.8 Å². The summed E-state index contributed by atoms with van der Waals surface area (Å²) in [6.45, 7) is 3.76. The molecule has 72 valence electrons. The first-order chi connectivity index (χ1) is 5.97. The second-order valence-electron chi connectivity index (χ2n) is 3.53. The minimum absolute atomic E-state index is 0.0462. The molecule has 0 spiro atoms. The third-order valence-corrected chi connectivity index (χ3v) is 2.63. The molecule has 0 aliphatic heterocycles. The fourth-order valence-corrected chi connectivity index (χ4v) is 1.83. The van der Waals surface area contributed by atoms with E-state index in [1.165, 1.54) is 0 Å². The summed E-state index contributed by atoms with van der Waals surface area (Å²) in [6, 6.07) is 5.87. The van der Waals surface area contributed by atoms with E-state index >= 15 is 0 Å². The average molecular weight is 244 g/mol. The van der Waals surface area contributed by atoms with Crippen LogP contribution in [0.2, 0.25) is 0 Å². The molecule has 0 aliphatic carbocycles. The van der Waals surface area contributed by atoms with E-state index < -0.39 is 5.54 Å². The Morgan fingerprint density at radius 3 is 2.62 bits per heavy atom. The minimum atomic E-state index is -0.648. The van der Waals surface area contributed by atoms with Gasteiger partial charge in [0.15, 0.2) is 0 Å². The number of aliphatic hydroxyl groups excluding tert-OH is 1. The Labute approximate surface area is 86.9 Å². The van der Waals surface area contributed by atoms with Gasteiger partial charge in [0.05, 0.1) is 12.1 Å². The number of rotatable bonds is 2. The lowest BCUT2D eigenvalue weighted by Crippen LogP contribution is -2.37. The van der Waals surface area contributed by atoms with Crippen molar-refractivity contribution in [2.24, 2.45) is 5.73 Å². The van der Waals surface area contributed by atoms with Gasteiger partial charge in [0, 0.05) is 4.47 Å². The highest BCUT2D eigenvalue weighted by Gasteiger charge is 2.21. The molecule has 1 atom stereocenters. The Balaban J connectivity index is 3.16. The first kappa shape index (κ1) is 10.7. The van der Waals surface area contributed by atoms with Gasteiger partial charge in [-0.05, 0) is 37.1 Å². The van der Waals surface area contributed by atoms with Gasteiger partial charge in [-0.15, -0.1) is 0 Å². The van der Waals surface area contributed by atoms with E-state index in [9.17, 15) is 0 Å². The second kappa shape index (κ2) is 3.78. The zero-order valence-corrected chi connectivity index (χ0v) is 9.43. The molecule has 0 saturated heterocycles. The lowest BCUT2D eigenvalue weighted by molar-refractivity contribution is 0.209. The van der Waals surface area contributed by atoms with Gasteiger partial charge in [-0.2, -0.15) is 0 Å². The molecule has 0 aliphatic rings. The highest BCUT2D eigenvalue weighted by atomic mass is 79.9. The molecule has 3 heteroatoms. The number of nitrogens with two attached hydrogens (primary N) is 1. The van der Waals surface area contributed by atoms with Gasteiger partial charge < -0.3 is 10.8 Å². The minimum Gasteiger partial charge on any atom is -0.394 e. The highest BCUT2D eigenvalue weighted by molar-refractivity contribution is 9.10. The molecule has 0 aromatic heterocycles. The van der Waals surface area contributed by atoms with Gasteiger partial charge in [-0.1, -0.05) is 22.0 Å². The van der Waals surface area contributed by atoms with Crippen molar-refractivity contribution in [1.29, 1.82) is 0 Å². The maximum atomic E-state index is 9.10. The van der Waals surface area contributed by atoms with Crippen molar-refractivity contribution in [1.82, 2.24) is 0 Å². The first-order valence-electron chi connectivity index (χ1n) is 4.14. The van der Waals surface area contributed by atoms with Crippen LogP contribution in [-0.2, 0) is 5.54 Å². The van der Waals surface area contributed by atoms with E-state index in [1.54, 1.807) is 0 Å². The number of halogens is 1. The zero-order valence-electron chi connectivity index (χ0n) is 7.84. The molecule has 0 amide bonds. The van der Waals surface area contributed by atoms with Crippen molar-refractivity contribution in [3.63, 3.8) is 0 Å². The van der Waals surface area contributed by atoms with Crippen molar-refractivity contribution in [3.8, 4) is 0 Å². The van der Waals surface area contributed by atoms with E-state index in [0.29, 0.717) is 0 Å². The lowest BCUT2D eigenvalue weighted by Gasteiger charge is -2.24. The van der Waals surface area contributed by atoms with Gasteiger partial charge >= 0.3 is 0 Å². The quantitative estimate of drug-likeness (QED) is 0.834. The van der Waals surface area contributed by atoms with Crippen LogP contribution in [0.5, 0.6) is 0 Å². The fraction of sp³-hybridized carbons (Fsp3) is 0.400. The molecule has 0 radical (unpaired) electrons. The first-order valence-corrected chi connectivity index (χ1v) is 4.93. The van der Waals surface area contributed by atoms with Crippen LogP contribution in [0.25, 0.3) is 0 Å². The van der Waals surface area contributed by atoms with E-state index in [1.807, 2.05) is 32.0 Å². The summed E-state index contributed by atoms with van der Waals surface area (Å²) < 4.78 is 1.03. The summed E-state index contributed by atoms with van der Waals surface area (Å²) in [6.07, 6.45) is 0. The molecule has 0 heterocycles. The molecule has 0 unspecified atom stereocenters. The third kappa shape index (κ3) is 2.30. The maximum Gasteiger partial charge on any atom is 0.0650 e. The number of benzene rings is 1. The number of aryl methyl sites for hydroxylation is 1. The van der Waals surface area contributed by atoms with Crippen LogP contribution in [0, 0.1) is 6.92 Å². The van der Waals surface area contributed by atoms with E-state index in [0.717, 1.165) is 15.6 Å². The highest BCUT2D eigenvalue weighted by Crippen LogP contribution is 2.23. The predicted molar refractivity (Wildman–Crippen MR) is 57.5 cm³/mol. The van der Waals surface area contributed by atoms with Crippen molar-refractivity contribution in [2.45, 2.75) is 19.4 Å². The Kier molecular flexibility index (Phi) is 3.11. The monoisotopic (exact) mass is 243 g/mol. The predicted octanol–water partition coefficient (Wildman–Crippen LogP) is 1.92. The lowest BCUT2D eigenvalue weighted by atomic mass is 9.90. The summed E-state index contributed by atoms with van der Waals surface area (Å²) >= 11 is 3.38. The average Bonchev–Trinajstić information content (AvgIpc) is 2.03. The Morgan fingerprint density at radius 2 is 2.15 bits per heavy atom. The molecule has 13 heavy (non-hydrogen) atoms. The van der Waals surface area contributed by atoms with E-state index in [-0.39, 0.29) is 6.61 Å². The number of hydrogen-bond acceptors (Lipinski definition) is 2. The zero-order chi connectivity index (χ0) is 10.1. The largest absolute Gasteiger partial charge is 0.394 e. The third-order valence-electron chi connectivity index (χ3n) is 2.13. The molecular formula is C10H14BrNO. The summed E-state index contributed by atoms with van der Waals surface area (Å²) in [5.41, 5.74) is 7.35. The van der Waals surface area contributed by atoms with Crippen molar-refractivity contribution < 1.29 is 5.11 Å². The molecule has 3 N–H and O–H groups in total. The van der Waals surface area contributed by atoms with E-state index in [2.05, 4.69) is 15.9 Å². The van der Waals surface area contributed by atoms with Crippen LogP contribution in [0.1, 0.15) is 18.1 Å². The van der Waals surface area contributed by atoms with Crippen LogP contribution < -0.4 is 5.73 Å². The number of aliphatic hydroxyl groups is 1. The fourth-order valence-electron chi connectivity index (χ4n) is 1.35. The molecule has 1 aromatic rings. The molecule has 0 saturated carbocycles. The Morgan fingerprint density at radius 1 is 1.54 bits per heavy atom. The summed E-state index contributed by atoms with van der Waals surface area (Å²) in [5.74, 6) is 0. The van der Waals surface area contributed by atoms with Crippen LogP contribution in [-0.4, -0.2) is 11.7 Å². The van der Waals surface area contributed by atoms with Gasteiger partial charge in [0.2, 0.25) is 0 Å². The van der Waals surface area contributed by atoms with E-state index in [4.69, 9.17) is 10.8 Å². The second-order valence-corrected chi connectivity index (χ2v) is 4.45. The van der Waals surface area contributed by atoms with Gasteiger partial charge in [0.1, 0.15) is 0 Å². The summed E-state index contributed by atoms with van der Waals surface area (Å²) in [4.78, 5) is 0. The molecule has 0 fully saturated rings. The molecule has 1 aromatic carbocycles. The van der Waals surface area contributed by atoms with Crippen molar-refractivity contribution in [2.75, 3.05) is 6.61 Å². The molecule has 1 rings (SSSR count). The number of hydrogen-bond donors (Lipinski definition) is 2. The van der Waals surface area contributed by atoms with Crippen LogP contribution >= 0.6 is 15.9 Å².